The summed E-state index contributed by atoms with van der Waals surface area (Å²) in [5, 5.41) is 19.9. The van der Waals surface area contributed by atoms with Gasteiger partial charge in [-0.3, -0.25) is 0 Å². The largest absolute Gasteiger partial charge is 0.465 e. The highest BCUT2D eigenvalue weighted by molar-refractivity contribution is 5.64. The predicted molar refractivity (Wildman–Crippen MR) is 47.4 cm³/mol. The van der Waals surface area contributed by atoms with E-state index in [1.165, 1.54) is 0 Å². The average Bonchev–Trinajstić information content (AvgIpc) is 2.07. The molecule has 1 saturated carbocycles. The lowest BCUT2D eigenvalue weighted by atomic mass is 9.82. The van der Waals surface area contributed by atoms with Crippen LogP contribution in [-0.4, -0.2) is 35.0 Å². The molecule has 1 amide bonds. The number of hydrogen-bond donors (Lipinski definition) is 4. The van der Waals surface area contributed by atoms with Gasteiger partial charge in [-0.15, -0.1) is 0 Å². The first-order chi connectivity index (χ1) is 6.13. The van der Waals surface area contributed by atoms with Crippen molar-refractivity contribution >= 4 is 6.09 Å². The highest BCUT2D eigenvalue weighted by atomic mass is 16.4. The Morgan fingerprint density at radius 3 is 2.77 bits per heavy atom. The highest BCUT2D eigenvalue weighted by Gasteiger charge is 2.28. The molecule has 1 rings (SSSR count). The summed E-state index contributed by atoms with van der Waals surface area (Å²) in [7, 11) is 0. The quantitative estimate of drug-likeness (QED) is 0.480. The van der Waals surface area contributed by atoms with Gasteiger partial charge >= 0.3 is 6.09 Å². The molecule has 1 aliphatic carbocycles. The Bertz CT molecular complexity index is 186. The summed E-state index contributed by atoms with van der Waals surface area (Å²) >= 11 is 0. The van der Waals surface area contributed by atoms with Gasteiger partial charge in [0, 0.05) is 18.7 Å². The fourth-order valence-corrected chi connectivity index (χ4v) is 1.80. The van der Waals surface area contributed by atoms with Crippen LogP contribution in [0.1, 0.15) is 19.3 Å². The normalized spacial score (nSPS) is 34.2. The van der Waals surface area contributed by atoms with Crippen molar-refractivity contribution in [2.45, 2.75) is 31.3 Å². The molecule has 13 heavy (non-hydrogen) atoms. The smallest absolute Gasteiger partial charge is 0.404 e. The van der Waals surface area contributed by atoms with Crippen molar-refractivity contribution < 1.29 is 15.0 Å². The van der Waals surface area contributed by atoms with E-state index < -0.39 is 6.09 Å². The Balaban J connectivity index is 2.40. The molecular weight excluding hydrogens is 172 g/mol. The predicted octanol–water partition coefficient (Wildman–Crippen LogP) is -0.258. The van der Waals surface area contributed by atoms with Crippen LogP contribution in [0.2, 0.25) is 0 Å². The summed E-state index contributed by atoms with van der Waals surface area (Å²) in [4.78, 5) is 10.3. The lowest BCUT2D eigenvalue weighted by Crippen LogP contribution is -2.46. The Hall–Kier alpha value is -0.810. The van der Waals surface area contributed by atoms with E-state index in [9.17, 15) is 4.79 Å². The zero-order chi connectivity index (χ0) is 9.84. The van der Waals surface area contributed by atoms with E-state index in [4.69, 9.17) is 15.9 Å². The maximum atomic E-state index is 10.3. The molecule has 0 unspecified atom stereocenters. The van der Waals surface area contributed by atoms with Crippen molar-refractivity contribution in [2.75, 3.05) is 6.61 Å². The van der Waals surface area contributed by atoms with Gasteiger partial charge in [0.05, 0.1) is 0 Å². The minimum Gasteiger partial charge on any atom is -0.465 e. The summed E-state index contributed by atoms with van der Waals surface area (Å²) in [5.41, 5.74) is 5.75. The fraction of sp³-hybridized carbons (Fsp3) is 0.875. The number of aliphatic hydroxyl groups excluding tert-OH is 1. The number of nitrogens with two attached hydrogens (primary N) is 1. The molecule has 0 aliphatic heterocycles. The molecule has 0 spiro atoms. The van der Waals surface area contributed by atoms with Gasteiger partial charge in [0.25, 0.3) is 0 Å². The van der Waals surface area contributed by atoms with E-state index >= 15 is 0 Å². The molecule has 0 radical (unpaired) electrons. The van der Waals surface area contributed by atoms with Crippen LogP contribution in [0.4, 0.5) is 4.79 Å². The Morgan fingerprint density at radius 2 is 2.23 bits per heavy atom. The molecule has 3 atom stereocenters. The van der Waals surface area contributed by atoms with Crippen LogP contribution in [0.5, 0.6) is 0 Å². The summed E-state index contributed by atoms with van der Waals surface area (Å²) in [5.74, 6) is 0.0330. The zero-order valence-electron chi connectivity index (χ0n) is 7.44. The van der Waals surface area contributed by atoms with E-state index in [1.807, 2.05) is 0 Å². The van der Waals surface area contributed by atoms with Crippen LogP contribution < -0.4 is 11.1 Å². The Kier molecular flexibility index (Phi) is 3.50. The van der Waals surface area contributed by atoms with Crippen molar-refractivity contribution in [2.24, 2.45) is 11.7 Å². The van der Waals surface area contributed by atoms with Crippen LogP contribution in [0.25, 0.3) is 0 Å². The van der Waals surface area contributed by atoms with Crippen molar-refractivity contribution in [1.29, 1.82) is 0 Å². The number of hydrogen-bond acceptors (Lipinski definition) is 3. The van der Waals surface area contributed by atoms with E-state index in [0.29, 0.717) is 6.42 Å². The first-order valence-electron chi connectivity index (χ1n) is 4.49. The molecule has 76 valence electrons. The van der Waals surface area contributed by atoms with Crippen LogP contribution in [0.3, 0.4) is 0 Å². The summed E-state index contributed by atoms with van der Waals surface area (Å²) in [6.07, 6.45) is 1.18. The molecule has 0 heterocycles. The fourth-order valence-electron chi connectivity index (χ4n) is 1.80. The van der Waals surface area contributed by atoms with E-state index in [1.54, 1.807) is 0 Å². The number of amides is 1. The van der Waals surface area contributed by atoms with Crippen molar-refractivity contribution in [3.8, 4) is 0 Å². The summed E-state index contributed by atoms with van der Waals surface area (Å²) < 4.78 is 0. The van der Waals surface area contributed by atoms with Gasteiger partial charge in [0.15, 0.2) is 0 Å². The van der Waals surface area contributed by atoms with Crippen LogP contribution >= 0.6 is 0 Å². The highest BCUT2D eigenvalue weighted by Crippen LogP contribution is 2.22. The van der Waals surface area contributed by atoms with Gasteiger partial charge in [0.2, 0.25) is 0 Å². The maximum Gasteiger partial charge on any atom is 0.404 e. The molecule has 5 heteroatoms. The minimum atomic E-state index is -1.00. The lowest BCUT2D eigenvalue weighted by molar-refractivity contribution is 0.143. The third-order valence-corrected chi connectivity index (χ3v) is 2.60. The molecule has 0 aromatic heterocycles. The zero-order valence-corrected chi connectivity index (χ0v) is 7.44. The van der Waals surface area contributed by atoms with Crippen LogP contribution in [-0.2, 0) is 0 Å². The molecule has 1 fully saturated rings. The molecule has 1 aliphatic rings. The third-order valence-electron chi connectivity index (χ3n) is 2.60. The van der Waals surface area contributed by atoms with E-state index in [0.717, 1.165) is 12.8 Å². The molecule has 0 saturated heterocycles. The second kappa shape index (κ2) is 4.43. The maximum absolute atomic E-state index is 10.3. The SMILES string of the molecule is N[C@H]1CC[C@@H](NC(=O)O)C[C@H]1CO. The molecule has 0 aromatic rings. The number of carbonyl (C=O) groups is 1. The van der Waals surface area contributed by atoms with Crippen LogP contribution in [0, 0.1) is 5.92 Å². The first kappa shape index (κ1) is 10.3. The van der Waals surface area contributed by atoms with Crippen molar-refractivity contribution in [3.63, 3.8) is 0 Å². The monoisotopic (exact) mass is 188 g/mol. The Morgan fingerprint density at radius 1 is 1.54 bits per heavy atom. The van der Waals surface area contributed by atoms with Gasteiger partial charge in [-0.1, -0.05) is 0 Å². The number of rotatable bonds is 2. The molecule has 0 bridgehead atoms. The van der Waals surface area contributed by atoms with Gasteiger partial charge in [-0.05, 0) is 25.2 Å². The summed E-state index contributed by atoms with van der Waals surface area (Å²) in [6, 6.07) is -0.0358. The first-order valence-corrected chi connectivity index (χ1v) is 4.49. The molecule has 5 N–H and O–H groups in total. The Labute approximate surface area is 76.9 Å². The van der Waals surface area contributed by atoms with Crippen molar-refractivity contribution in [1.82, 2.24) is 5.32 Å². The number of carboxylic acid groups (broad SMARTS) is 1. The van der Waals surface area contributed by atoms with Crippen LogP contribution in [0.15, 0.2) is 0 Å². The molecule has 0 aromatic carbocycles. The van der Waals surface area contributed by atoms with E-state index in [-0.39, 0.29) is 24.6 Å². The molecule has 5 nitrogen and oxygen atoms in total. The average molecular weight is 188 g/mol. The van der Waals surface area contributed by atoms with Gasteiger partial charge in [0.1, 0.15) is 0 Å². The standard InChI is InChI=1S/C8H16N2O3/c9-7-2-1-6(10-8(12)13)3-5(7)4-11/h5-7,10-11H,1-4,9H2,(H,12,13)/t5-,6+,7-/m0/s1. The molecular formula is C8H16N2O3. The minimum absolute atomic E-state index is 0.0110. The van der Waals surface area contributed by atoms with Gasteiger partial charge in [-0.2, -0.15) is 0 Å². The number of nitrogens with one attached hydrogen (secondary N) is 1. The topological polar surface area (TPSA) is 95.6 Å². The third kappa shape index (κ3) is 2.86. The second-order valence-corrected chi connectivity index (χ2v) is 3.57. The van der Waals surface area contributed by atoms with Gasteiger partial charge in [-0.25, -0.2) is 4.79 Å². The second-order valence-electron chi connectivity index (χ2n) is 3.57. The lowest BCUT2D eigenvalue weighted by Gasteiger charge is -2.32. The van der Waals surface area contributed by atoms with E-state index in [2.05, 4.69) is 5.32 Å². The number of aliphatic hydroxyl groups is 1. The van der Waals surface area contributed by atoms with Gasteiger partial charge < -0.3 is 21.3 Å². The summed E-state index contributed by atoms with van der Waals surface area (Å²) in [6.45, 7) is 0.0406. The van der Waals surface area contributed by atoms with Crippen molar-refractivity contribution in [3.05, 3.63) is 0 Å².